The number of rotatable bonds is 4. The standard InChI is InChI=1S/C27H21BN6OS.C2H4/c28-34-14-27(15-34)12-33(13-27)26(35)18-2-4-21(30-11-18)17-1-5-22-20(9-17)23(7-8-29-22)32-19-3-6-25-24(10-19)31-16-36-25;1-2/h1-11,16H,12-15H2,(H,29,32);1-2H2. The Morgan fingerprint density at radius 2 is 1.79 bits per heavy atom. The Morgan fingerprint density at radius 3 is 2.55 bits per heavy atom. The van der Waals surface area contributed by atoms with Crippen LogP contribution in [-0.4, -0.2) is 64.7 Å². The molecule has 0 atom stereocenters. The van der Waals surface area contributed by atoms with Crippen molar-refractivity contribution in [2.75, 3.05) is 31.5 Å². The van der Waals surface area contributed by atoms with E-state index in [9.17, 15) is 4.79 Å². The van der Waals surface area contributed by atoms with Crippen LogP contribution in [-0.2, 0) is 0 Å². The predicted octanol–water partition coefficient (Wildman–Crippen LogP) is 5.29. The molecule has 1 amide bonds. The Bertz CT molecular complexity index is 1640. The van der Waals surface area contributed by atoms with E-state index in [4.69, 9.17) is 7.98 Å². The fourth-order valence-corrected chi connectivity index (χ4v) is 5.96. The van der Waals surface area contributed by atoms with E-state index in [2.05, 4.69) is 57.7 Å². The minimum Gasteiger partial charge on any atom is -0.355 e. The molecule has 2 fully saturated rings. The van der Waals surface area contributed by atoms with E-state index in [-0.39, 0.29) is 11.3 Å². The van der Waals surface area contributed by atoms with Gasteiger partial charge in [0, 0.05) is 53.2 Å². The zero-order valence-electron chi connectivity index (χ0n) is 20.8. The van der Waals surface area contributed by atoms with Gasteiger partial charge in [-0.2, -0.15) is 0 Å². The molecular formula is C29H25BN6OS. The Kier molecular flexibility index (Phi) is 6.17. The molecule has 0 saturated carbocycles. The van der Waals surface area contributed by atoms with Crippen LogP contribution in [0.25, 0.3) is 32.4 Å². The largest absolute Gasteiger partial charge is 0.355 e. The number of hydrogen-bond acceptors (Lipinski definition) is 7. The molecule has 7 rings (SSSR count). The first kappa shape index (κ1) is 24.3. The maximum Gasteiger partial charge on any atom is 0.255 e. The number of amides is 1. The van der Waals surface area contributed by atoms with Crippen LogP contribution in [0.15, 0.2) is 85.7 Å². The van der Waals surface area contributed by atoms with Crippen molar-refractivity contribution in [3.8, 4) is 11.3 Å². The number of carbonyl (C=O) groups excluding carboxylic acids is 1. The van der Waals surface area contributed by atoms with Crippen LogP contribution in [0.3, 0.4) is 0 Å². The number of anilines is 2. The average molecular weight is 516 g/mol. The van der Waals surface area contributed by atoms with E-state index in [0.29, 0.717) is 5.56 Å². The summed E-state index contributed by atoms with van der Waals surface area (Å²) in [6.07, 6.45) is 3.48. The molecule has 5 aromatic rings. The van der Waals surface area contributed by atoms with Gasteiger partial charge < -0.3 is 15.0 Å². The van der Waals surface area contributed by atoms with Crippen molar-refractivity contribution < 1.29 is 4.79 Å². The lowest BCUT2D eigenvalue weighted by Gasteiger charge is -2.60. The molecule has 2 radical (unpaired) electrons. The lowest BCUT2D eigenvalue weighted by Crippen LogP contribution is -2.72. The number of benzene rings is 2. The van der Waals surface area contributed by atoms with Crippen molar-refractivity contribution in [3.05, 3.63) is 91.2 Å². The number of hydrogen-bond donors (Lipinski definition) is 1. The maximum absolute atomic E-state index is 12.9. The monoisotopic (exact) mass is 516 g/mol. The van der Waals surface area contributed by atoms with Gasteiger partial charge in [0.2, 0.25) is 0 Å². The lowest BCUT2D eigenvalue weighted by atomic mass is 9.71. The Hall–Kier alpha value is -4.08. The van der Waals surface area contributed by atoms with Gasteiger partial charge in [-0.15, -0.1) is 24.5 Å². The third-order valence-corrected chi connectivity index (χ3v) is 7.88. The van der Waals surface area contributed by atoms with Gasteiger partial charge in [0.15, 0.2) is 7.98 Å². The zero-order chi connectivity index (χ0) is 26.3. The number of nitrogens with one attached hydrogen (secondary N) is 1. The summed E-state index contributed by atoms with van der Waals surface area (Å²) >= 11 is 1.63. The second kappa shape index (κ2) is 9.66. The maximum atomic E-state index is 12.9. The van der Waals surface area contributed by atoms with Crippen LogP contribution >= 0.6 is 11.3 Å². The van der Waals surface area contributed by atoms with E-state index < -0.39 is 0 Å². The molecule has 2 saturated heterocycles. The highest BCUT2D eigenvalue weighted by molar-refractivity contribution is 7.16. The molecule has 7 nitrogen and oxygen atoms in total. The van der Waals surface area contributed by atoms with Crippen LogP contribution in [0.1, 0.15) is 10.4 Å². The number of likely N-dealkylation sites (tertiary alicyclic amines) is 1. The van der Waals surface area contributed by atoms with E-state index in [1.165, 1.54) is 0 Å². The fraction of sp³-hybridized carbons (Fsp3) is 0.172. The topological polar surface area (TPSA) is 74.2 Å². The van der Waals surface area contributed by atoms with E-state index in [0.717, 1.165) is 69.9 Å². The predicted molar refractivity (Wildman–Crippen MR) is 155 cm³/mol. The molecule has 2 aliphatic heterocycles. The third-order valence-electron chi connectivity index (χ3n) is 7.07. The number of nitrogens with zero attached hydrogens (tertiary/aromatic N) is 5. The van der Waals surface area contributed by atoms with Gasteiger partial charge in [-0.05, 0) is 61.6 Å². The summed E-state index contributed by atoms with van der Waals surface area (Å²) in [4.78, 5) is 30.1. The Balaban J connectivity index is 0.00000129. The molecule has 1 N–H and O–H groups in total. The van der Waals surface area contributed by atoms with Crippen molar-refractivity contribution in [2.45, 2.75) is 0 Å². The Morgan fingerprint density at radius 1 is 0.947 bits per heavy atom. The van der Waals surface area contributed by atoms with Crippen molar-refractivity contribution in [2.24, 2.45) is 5.41 Å². The molecule has 38 heavy (non-hydrogen) atoms. The molecule has 3 aromatic heterocycles. The van der Waals surface area contributed by atoms with E-state index >= 15 is 0 Å². The molecular weight excluding hydrogens is 491 g/mol. The molecule has 2 aromatic carbocycles. The summed E-state index contributed by atoms with van der Waals surface area (Å²) < 4.78 is 1.16. The van der Waals surface area contributed by atoms with Crippen molar-refractivity contribution in [1.29, 1.82) is 0 Å². The normalized spacial score (nSPS) is 15.9. The highest BCUT2D eigenvalue weighted by Crippen LogP contribution is 2.39. The number of fused-ring (bicyclic) bond motifs is 2. The minimum absolute atomic E-state index is 0.0291. The van der Waals surface area contributed by atoms with E-state index in [1.807, 2.05) is 40.7 Å². The first-order chi connectivity index (χ1) is 18.6. The van der Waals surface area contributed by atoms with Gasteiger partial charge in [0.05, 0.1) is 32.5 Å². The van der Waals surface area contributed by atoms with Crippen molar-refractivity contribution >= 4 is 57.7 Å². The van der Waals surface area contributed by atoms with Gasteiger partial charge in [-0.3, -0.25) is 14.8 Å². The van der Waals surface area contributed by atoms with Crippen LogP contribution in [0.2, 0.25) is 0 Å². The van der Waals surface area contributed by atoms with Crippen molar-refractivity contribution in [3.63, 3.8) is 0 Å². The van der Waals surface area contributed by atoms with Gasteiger partial charge >= 0.3 is 0 Å². The zero-order valence-corrected chi connectivity index (χ0v) is 21.6. The van der Waals surface area contributed by atoms with Gasteiger partial charge in [0.1, 0.15) is 0 Å². The summed E-state index contributed by atoms with van der Waals surface area (Å²) in [5.74, 6) is 0.0291. The van der Waals surface area contributed by atoms with Gasteiger partial charge in [0.25, 0.3) is 5.91 Å². The van der Waals surface area contributed by atoms with Crippen LogP contribution < -0.4 is 5.32 Å². The smallest absolute Gasteiger partial charge is 0.255 e. The quantitative estimate of drug-likeness (QED) is 0.258. The number of pyridine rings is 2. The second-order valence-electron chi connectivity index (χ2n) is 9.75. The molecule has 5 heterocycles. The van der Waals surface area contributed by atoms with E-state index in [1.54, 1.807) is 28.5 Å². The molecule has 186 valence electrons. The highest BCUT2D eigenvalue weighted by atomic mass is 32.1. The first-order valence-corrected chi connectivity index (χ1v) is 13.2. The molecule has 0 aliphatic carbocycles. The molecule has 9 heteroatoms. The van der Waals surface area contributed by atoms with Crippen molar-refractivity contribution in [1.82, 2.24) is 24.7 Å². The van der Waals surface area contributed by atoms with Gasteiger partial charge in [-0.25, -0.2) is 4.98 Å². The molecule has 2 aliphatic rings. The lowest BCUT2D eigenvalue weighted by molar-refractivity contribution is -0.0633. The number of carbonyl (C=O) groups is 1. The highest BCUT2D eigenvalue weighted by Gasteiger charge is 2.51. The summed E-state index contributed by atoms with van der Waals surface area (Å²) in [6.45, 7) is 9.26. The first-order valence-electron chi connectivity index (χ1n) is 12.3. The summed E-state index contributed by atoms with van der Waals surface area (Å²) in [6, 6.07) is 18.0. The SMILES string of the molecule is C=C.[B]N1CC2(C1)CN(C(=O)c1ccc(-c3ccc4nccc(Nc5ccc6scnc6c5)c4c3)nc1)C2. The second-order valence-corrected chi connectivity index (χ2v) is 10.6. The molecule has 0 unspecified atom stereocenters. The van der Waals surface area contributed by atoms with Crippen LogP contribution in [0.5, 0.6) is 0 Å². The molecule has 0 bridgehead atoms. The van der Waals surface area contributed by atoms with Crippen LogP contribution in [0.4, 0.5) is 11.4 Å². The minimum atomic E-state index is 0.0291. The number of aromatic nitrogens is 3. The summed E-state index contributed by atoms with van der Waals surface area (Å²) in [7, 11) is 5.78. The third kappa shape index (κ3) is 4.33. The number of thiazole rings is 1. The Labute approximate surface area is 226 Å². The summed E-state index contributed by atoms with van der Waals surface area (Å²) in [5.41, 5.74) is 8.25. The van der Waals surface area contributed by atoms with Crippen LogP contribution in [0, 0.1) is 5.41 Å². The van der Waals surface area contributed by atoms with Gasteiger partial charge in [-0.1, -0.05) is 6.07 Å². The average Bonchev–Trinajstić information content (AvgIpc) is 3.39. The molecule has 1 spiro atoms. The summed E-state index contributed by atoms with van der Waals surface area (Å²) in [5, 5.41) is 4.51. The fourth-order valence-electron chi connectivity index (χ4n) is 5.30.